The van der Waals surface area contributed by atoms with Crippen molar-refractivity contribution in [3.63, 3.8) is 0 Å². The molecule has 1 aromatic heterocycles. The molecular weight excluding hydrogens is 353 g/mol. The summed E-state index contributed by atoms with van der Waals surface area (Å²) in [6, 6.07) is 4.55. The lowest BCUT2D eigenvalue weighted by Gasteiger charge is -2.28. The van der Waals surface area contributed by atoms with Gasteiger partial charge in [-0.25, -0.2) is 0 Å². The van der Waals surface area contributed by atoms with Crippen molar-refractivity contribution >= 4 is 22.8 Å². The van der Waals surface area contributed by atoms with Gasteiger partial charge in [0, 0.05) is 25.1 Å². The van der Waals surface area contributed by atoms with Crippen molar-refractivity contribution in [2.45, 2.75) is 25.1 Å². The minimum absolute atomic E-state index is 0.0345. The molecule has 0 bridgehead atoms. The normalized spacial score (nSPS) is 14.2. The SMILES string of the molecule is COCC(C)(CC(=O)O)NC(=O)c1cc2cc(C(F)(F)F)ccc2n1C. The van der Waals surface area contributed by atoms with Crippen LogP contribution in [0.3, 0.4) is 0 Å². The second-order valence-corrected chi connectivity index (χ2v) is 6.38. The minimum atomic E-state index is -4.48. The van der Waals surface area contributed by atoms with Crippen LogP contribution in [0.1, 0.15) is 29.4 Å². The van der Waals surface area contributed by atoms with E-state index in [9.17, 15) is 22.8 Å². The third-order valence-electron chi connectivity index (χ3n) is 4.02. The first-order valence-corrected chi connectivity index (χ1v) is 7.67. The summed E-state index contributed by atoms with van der Waals surface area (Å²) in [7, 11) is 2.93. The zero-order valence-corrected chi connectivity index (χ0v) is 14.5. The van der Waals surface area contributed by atoms with Gasteiger partial charge < -0.3 is 19.7 Å². The lowest BCUT2D eigenvalue weighted by atomic mass is 9.98. The Morgan fingerprint density at radius 1 is 1.27 bits per heavy atom. The highest BCUT2D eigenvalue weighted by atomic mass is 19.4. The molecule has 1 atom stereocenters. The number of fused-ring (bicyclic) bond motifs is 1. The van der Waals surface area contributed by atoms with Gasteiger partial charge in [0.2, 0.25) is 0 Å². The van der Waals surface area contributed by atoms with Crippen LogP contribution in [0.5, 0.6) is 0 Å². The number of aliphatic carboxylic acids is 1. The van der Waals surface area contributed by atoms with E-state index < -0.39 is 29.2 Å². The topological polar surface area (TPSA) is 80.6 Å². The number of carboxylic acids is 1. The summed E-state index contributed by atoms with van der Waals surface area (Å²) in [5.41, 5.74) is -1.40. The fourth-order valence-electron chi connectivity index (χ4n) is 2.87. The molecule has 0 saturated carbocycles. The van der Waals surface area contributed by atoms with Gasteiger partial charge in [0.1, 0.15) is 5.69 Å². The predicted molar refractivity (Wildman–Crippen MR) is 87.9 cm³/mol. The van der Waals surface area contributed by atoms with Crippen LogP contribution in [-0.2, 0) is 22.8 Å². The van der Waals surface area contributed by atoms with Crippen LogP contribution < -0.4 is 5.32 Å². The third-order valence-corrected chi connectivity index (χ3v) is 4.02. The summed E-state index contributed by atoms with van der Waals surface area (Å²) >= 11 is 0. The molecule has 0 fully saturated rings. The summed E-state index contributed by atoms with van der Waals surface area (Å²) in [6.07, 6.45) is -4.85. The number of aromatic nitrogens is 1. The van der Waals surface area contributed by atoms with E-state index in [4.69, 9.17) is 9.84 Å². The van der Waals surface area contributed by atoms with Crippen molar-refractivity contribution < 1.29 is 32.6 Å². The number of nitrogens with zero attached hydrogens (tertiary/aromatic N) is 1. The van der Waals surface area contributed by atoms with Gasteiger partial charge in [-0.2, -0.15) is 13.2 Å². The Balaban J connectivity index is 2.38. The zero-order chi connectivity index (χ0) is 19.7. The van der Waals surface area contributed by atoms with E-state index in [2.05, 4.69) is 5.32 Å². The van der Waals surface area contributed by atoms with Gasteiger partial charge >= 0.3 is 12.1 Å². The second-order valence-electron chi connectivity index (χ2n) is 6.38. The average Bonchev–Trinajstić information content (AvgIpc) is 2.82. The highest BCUT2D eigenvalue weighted by molar-refractivity contribution is 5.99. The molecule has 0 aliphatic carbocycles. The summed E-state index contributed by atoms with van der Waals surface area (Å²) in [5.74, 6) is -1.71. The van der Waals surface area contributed by atoms with Gasteiger partial charge in [-0.05, 0) is 31.2 Å². The van der Waals surface area contributed by atoms with Crippen LogP contribution in [0, 0.1) is 0 Å². The van der Waals surface area contributed by atoms with Crippen molar-refractivity contribution in [1.29, 1.82) is 0 Å². The number of hydrogen-bond donors (Lipinski definition) is 2. The summed E-state index contributed by atoms with van der Waals surface area (Å²) in [4.78, 5) is 23.6. The van der Waals surface area contributed by atoms with Gasteiger partial charge in [-0.15, -0.1) is 0 Å². The van der Waals surface area contributed by atoms with Crippen LogP contribution in [0.4, 0.5) is 13.2 Å². The highest BCUT2D eigenvalue weighted by Crippen LogP contribution is 2.32. The molecule has 142 valence electrons. The Kier molecular flexibility index (Phi) is 5.31. The van der Waals surface area contributed by atoms with Crippen LogP contribution in [0.15, 0.2) is 24.3 Å². The fourth-order valence-corrected chi connectivity index (χ4v) is 2.87. The average molecular weight is 372 g/mol. The van der Waals surface area contributed by atoms with Crippen LogP contribution in [-0.4, -0.2) is 40.8 Å². The van der Waals surface area contributed by atoms with Gasteiger partial charge in [0.25, 0.3) is 5.91 Å². The number of rotatable bonds is 6. The predicted octanol–water partition coefficient (Wildman–Crippen LogP) is 2.81. The van der Waals surface area contributed by atoms with Crippen LogP contribution >= 0.6 is 0 Å². The molecule has 9 heteroatoms. The van der Waals surface area contributed by atoms with E-state index in [1.165, 1.54) is 30.7 Å². The van der Waals surface area contributed by atoms with Crippen molar-refractivity contribution in [2.75, 3.05) is 13.7 Å². The number of carbonyl (C=O) groups is 2. The fraction of sp³-hybridized carbons (Fsp3) is 0.412. The Morgan fingerprint density at radius 3 is 2.46 bits per heavy atom. The molecule has 1 amide bonds. The first kappa shape index (κ1) is 19.8. The number of aryl methyl sites for hydroxylation is 1. The van der Waals surface area contributed by atoms with Gasteiger partial charge in [-0.3, -0.25) is 9.59 Å². The molecule has 2 rings (SSSR count). The van der Waals surface area contributed by atoms with Crippen LogP contribution in [0.2, 0.25) is 0 Å². The van der Waals surface area contributed by atoms with E-state index >= 15 is 0 Å². The number of carbonyl (C=O) groups excluding carboxylic acids is 1. The molecule has 0 spiro atoms. The molecule has 26 heavy (non-hydrogen) atoms. The molecule has 2 N–H and O–H groups in total. The standard InChI is InChI=1S/C17H19F3N2O4/c1-16(9-26-3,8-14(23)24)21-15(25)13-7-10-6-11(17(18,19)20)4-5-12(10)22(13)2/h4-7H,8-9H2,1-3H3,(H,21,25)(H,23,24). The number of amides is 1. The maximum atomic E-state index is 12.9. The quantitative estimate of drug-likeness (QED) is 0.817. The van der Waals surface area contributed by atoms with Gasteiger partial charge in [-0.1, -0.05) is 0 Å². The summed E-state index contributed by atoms with van der Waals surface area (Å²) < 4.78 is 45.0. The molecular formula is C17H19F3N2O4. The summed E-state index contributed by atoms with van der Waals surface area (Å²) in [5, 5.41) is 11.9. The third kappa shape index (κ3) is 4.16. The number of benzene rings is 1. The maximum absolute atomic E-state index is 12.9. The van der Waals surface area contributed by atoms with E-state index in [-0.39, 0.29) is 24.1 Å². The van der Waals surface area contributed by atoms with Gasteiger partial charge in [0.15, 0.2) is 0 Å². The monoisotopic (exact) mass is 372 g/mol. The van der Waals surface area contributed by atoms with Crippen molar-refractivity contribution in [1.82, 2.24) is 9.88 Å². The zero-order valence-electron chi connectivity index (χ0n) is 14.5. The smallest absolute Gasteiger partial charge is 0.416 e. The number of halogens is 3. The lowest BCUT2D eigenvalue weighted by molar-refractivity contribution is -0.139. The first-order valence-electron chi connectivity index (χ1n) is 7.67. The Bertz CT molecular complexity index is 844. The summed E-state index contributed by atoms with van der Waals surface area (Å²) in [6.45, 7) is 1.49. The number of hydrogen-bond acceptors (Lipinski definition) is 3. The molecule has 0 saturated heterocycles. The maximum Gasteiger partial charge on any atom is 0.416 e. The molecule has 1 unspecified atom stereocenters. The van der Waals surface area contributed by atoms with Gasteiger partial charge in [0.05, 0.1) is 24.1 Å². The van der Waals surface area contributed by atoms with E-state index in [0.29, 0.717) is 5.52 Å². The second kappa shape index (κ2) is 6.99. The van der Waals surface area contributed by atoms with Crippen molar-refractivity contribution in [3.05, 3.63) is 35.5 Å². The van der Waals surface area contributed by atoms with E-state index in [1.54, 1.807) is 7.05 Å². The molecule has 0 radical (unpaired) electrons. The number of nitrogens with one attached hydrogen (secondary N) is 1. The highest BCUT2D eigenvalue weighted by Gasteiger charge is 2.32. The Hall–Kier alpha value is -2.55. The molecule has 0 aliphatic rings. The van der Waals surface area contributed by atoms with Crippen molar-refractivity contribution in [3.8, 4) is 0 Å². The number of alkyl halides is 3. The van der Waals surface area contributed by atoms with Crippen LogP contribution in [0.25, 0.3) is 10.9 Å². The number of carboxylic acid groups (broad SMARTS) is 1. The largest absolute Gasteiger partial charge is 0.481 e. The molecule has 1 heterocycles. The van der Waals surface area contributed by atoms with E-state index in [0.717, 1.165) is 12.1 Å². The molecule has 6 nitrogen and oxygen atoms in total. The molecule has 2 aromatic rings. The first-order chi connectivity index (χ1) is 12.0. The Labute approximate surface area is 147 Å². The minimum Gasteiger partial charge on any atom is -0.481 e. The molecule has 0 aliphatic heterocycles. The van der Waals surface area contributed by atoms with E-state index in [1.807, 2.05) is 0 Å². The Morgan fingerprint density at radius 2 is 1.92 bits per heavy atom. The molecule has 1 aromatic carbocycles. The van der Waals surface area contributed by atoms with Crippen molar-refractivity contribution in [2.24, 2.45) is 7.05 Å². The lowest BCUT2D eigenvalue weighted by Crippen LogP contribution is -2.51. The number of methoxy groups -OCH3 is 1. The number of ether oxygens (including phenoxy) is 1.